The zero-order chi connectivity index (χ0) is 16.4. The molecule has 0 aromatic carbocycles. The van der Waals surface area contributed by atoms with Gasteiger partial charge in [-0.15, -0.1) is 0 Å². The van der Waals surface area contributed by atoms with E-state index in [0.717, 1.165) is 4.47 Å². The summed E-state index contributed by atoms with van der Waals surface area (Å²) in [6.45, 7) is 1.76. The molecule has 5 nitrogen and oxygen atoms in total. The van der Waals surface area contributed by atoms with Crippen LogP contribution in [0.2, 0.25) is 0 Å². The van der Waals surface area contributed by atoms with E-state index >= 15 is 0 Å². The van der Waals surface area contributed by atoms with Gasteiger partial charge < -0.3 is 9.80 Å². The van der Waals surface area contributed by atoms with Crippen LogP contribution in [0.1, 0.15) is 25.7 Å². The Morgan fingerprint density at radius 3 is 2.26 bits per heavy atom. The smallest absolute Gasteiger partial charge is 0.251 e. The molecule has 2 fully saturated rings. The van der Waals surface area contributed by atoms with Crippen LogP contribution in [0, 0.1) is 5.92 Å². The number of alkyl halides is 2. The van der Waals surface area contributed by atoms with Crippen molar-refractivity contribution >= 4 is 27.8 Å². The zero-order valence-electron chi connectivity index (χ0n) is 12.7. The lowest BCUT2D eigenvalue weighted by molar-refractivity contribution is -0.142. The van der Waals surface area contributed by atoms with Crippen molar-refractivity contribution in [3.05, 3.63) is 16.9 Å². The van der Waals surface area contributed by atoms with Gasteiger partial charge in [0.15, 0.2) is 0 Å². The highest BCUT2D eigenvalue weighted by atomic mass is 79.9. The van der Waals surface area contributed by atoms with Crippen molar-refractivity contribution in [2.45, 2.75) is 31.6 Å². The summed E-state index contributed by atoms with van der Waals surface area (Å²) in [5.41, 5.74) is 0. The number of rotatable bonds is 2. The van der Waals surface area contributed by atoms with E-state index in [-0.39, 0.29) is 37.8 Å². The van der Waals surface area contributed by atoms with Crippen molar-refractivity contribution in [3.63, 3.8) is 0 Å². The van der Waals surface area contributed by atoms with E-state index in [2.05, 4.69) is 30.8 Å². The highest BCUT2D eigenvalue weighted by Gasteiger charge is 2.37. The minimum absolute atomic E-state index is 0.0249. The molecule has 2 saturated heterocycles. The predicted molar refractivity (Wildman–Crippen MR) is 85.4 cm³/mol. The van der Waals surface area contributed by atoms with Gasteiger partial charge in [-0.3, -0.25) is 4.79 Å². The van der Waals surface area contributed by atoms with Crippen molar-refractivity contribution in [2.24, 2.45) is 5.92 Å². The molecule has 2 aliphatic rings. The quantitative estimate of drug-likeness (QED) is 0.781. The van der Waals surface area contributed by atoms with Gasteiger partial charge in [-0.05, 0) is 28.8 Å². The fourth-order valence-corrected chi connectivity index (χ4v) is 3.31. The fourth-order valence-electron chi connectivity index (χ4n) is 3.11. The monoisotopic (exact) mass is 388 g/mol. The van der Waals surface area contributed by atoms with Crippen LogP contribution in [-0.4, -0.2) is 52.9 Å². The zero-order valence-corrected chi connectivity index (χ0v) is 14.3. The maximum atomic E-state index is 13.2. The van der Waals surface area contributed by atoms with Gasteiger partial charge in [0.25, 0.3) is 5.92 Å². The Balaban J connectivity index is 1.52. The van der Waals surface area contributed by atoms with E-state index in [9.17, 15) is 13.6 Å². The summed E-state index contributed by atoms with van der Waals surface area (Å²) in [5, 5.41) is 0. The molecule has 2 aliphatic heterocycles. The van der Waals surface area contributed by atoms with Gasteiger partial charge in [-0.25, -0.2) is 18.7 Å². The number of nitrogens with zero attached hydrogens (tertiary/aromatic N) is 4. The fraction of sp³-hybridized carbons (Fsp3) is 0.667. The summed E-state index contributed by atoms with van der Waals surface area (Å²) < 4.78 is 27.2. The van der Waals surface area contributed by atoms with E-state index in [4.69, 9.17) is 0 Å². The molecule has 1 aromatic rings. The van der Waals surface area contributed by atoms with E-state index in [0.29, 0.717) is 31.9 Å². The Labute approximate surface area is 142 Å². The first-order chi connectivity index (χ1) is 10.9. The Morgan fingerprint density at radius 2 is 1.70 bits per heavy atom. The number of likely N-dealkylation sites (tertiary alicyclic amines) is 1. The molecular formula is C15H19BrF2N4O. The molecule has 1 amide bonds. The van der Waals surface area contributed by atoms with Crippen LogP contribution in [-0.2, 0) is 4.79 Å². The number of piperidine rings is 2. The minimum atomic E-state index is -2.61. The van der Waals surface area contributed by atoms with Gasteiger partial charge in [0.2, 0.25) is 11.9 Å². The van der Waals surface area contributed by atoms with Gasteiger partial charge in [0.1, 0.15) is 0 Å². The van der Waals surface area contributed by atoms with Gasteiger partial charge in [-0.1, -0.05) is 0 Å². The number of carbonyl (C=O) groups excluding carboxylic acids is 1. The van der Waals surface area contributed by atoms with Crippen LogP contribution in [0.4, 0.5) is 14.7 Å². The molecule has 0 aliphatic carbocycles. The Kier molecular flexibility index (Phi) is 4.79. The molecule has 23 heavy (non-hydrogen) atoms. The van der Waals surface area contributed by atoms with Crippen LogP contribution in [0.5, 0.6) is 0 Å². The lowest BCUT2D eigenvalue weighted by atomic mass is 9.94. The predicted octanol–water partition coefficient (Wildman–Crippen LogP) is 2.71. The van der Waals surface area contributed by atoms with E-state index in [1.807, 2.05) is 0 Å². The SMILES string of the molecule is O=C(C1CCN(c2ncc(Br)cn2)CC1)N1CCC(F)(F)CC1. The van der Waals surface area contributed by atoms with Crippen molar-refractivity contribution < 1.29 is 13.6 Å². The Hall–Kier alpha value is -1.31. The first kappa shape index (κ1) is 16.5. The summed E-state index contributed by atoms with van der Waals surface area (Å²) in [6.07, 6.45) is 4.39. The second-order valence-electron chi connectivity index (χ2n) is 6.14. The number of amides is 1. The van der Waals surface area contributed by atoms with Crippen molar-refractivity contribution in [1.29, 1.82) is 0 Å². The summed E-state index contributed by atoms with van der Waals surface area (Å²) in [5.74, 6) is -2.00. The summed E-state index contributed by atoms with van der Waals surface area (Å²) in [6, 6.07) is 0. The van der Waals surface area contributed by atoms with Crippen molar-refractivity contribution in [1.82, 2.24) is 14.9 Å². The van der Waals surface area contributed by atoms with Crippen LogP contribution in [0.3, 0.4) is 0 Å². The molecule has 0 spiro atoms. The third-order valence-electron chi connectivity index (χ3n) is 4.54. The first-order valence-corrected chi connectivity index (χ1v) is 8.63. The number of halogens is 3. The topological polar surface area (TPSA) is 49.3 Å². The molecule has 3 heterocycles. The average molecular weight is 389 g/mol. The lowest BCUT2D eigenvalue weighted by Gasteiger charge is -2.37. The third kappa shape index (κ3) is 3.97. The molecule has 0 saturated carbocycles. The summed E-state index contributed by atoms with van der Waals surface area (Å²) in [4.78, 5) is 24.7. The van der Waals surface area contributed by atoms with Crippen LogP contribution in [0.15, 0.2) is 16.9 Å². The first-order valence-electron chi connectivity index (χ1n) is 7.84. The van der Waals surface area contributed by atoms with Gasteiger partial charge in [0.05, 0.1) is 4.47 Å². The normalized spacial score (nSPS) is 22.2. The summed E-state index contributed by atoms with van der Waals surface area (Å²) in [7, 11) is 0. The molecule has 126 valence electrons. The highest BCUT2D eigenvalue weighted by molar-refractivity contribution is 9.10. The lowest BCUT2D eigenvalue weighted by Crippen LogP contribution is -2.47. The summed E-state index contributed by atoms with van der Waals surface area (Å²) >= 11 is 3.30. The van der Waals surface area contributed by atoms with E-state index in [1.54, 1.807) is 17.3 Å². The number of carbonyl (C=O) groups is 1. The molecule has 0 bridgehead atoms. The van der Waals surface area contributed by atoms with Gasteiger partial charge >= 0.3 is 0 Å². The molecule has 0 unspecified atom stereocenters. The molecular weight excluding hydrogens is 370 g/mol. The van der Waals surface area contributed by atoms with E-state index < -0.39 is 5.92 Å². The molecule has 3 rings (SSSR count). The second-order valence-corrected chi connectivity index (χ2v) is 7.06. The Morgan fingerprint density at radius 1 is 1.13 bits per heavy atom. The number of hydrogen-bond acceptors (Lipinski definition) is 4. The maximum absolute atomic E-state index is 13.2. The van der Waals surface area contributed by atoms with Crippen LogP contribution < -0.4 is 4.90 Å². The third-order valence-corrected chi connectivity index (χ3v) is 4.95. The molecule has 1 aromatic heterocycles. The number of anilines is 1. The second kappa shape index (κ2) is 6.67. The molecule has 0 atom stereocenters. The molecule has 8 heteroatoms. The Bertz CT molecular complexity index is 551. The maximum Gasteiger partial charge on any atom is 0.251 e. The van der Waals surface area contributed by atoms with E-state index in [1.165, 1.54) is 0 Å². The minimum Gasteiger partial charge on any atom is -0.342 e. The van der Waals surface area contributed by atoms with Crippen molar-refractivity contribution in [2.75, 3.05) is 31.1 Å². The highest BCUT2D eigenvalue weighted by Crippen LogP contribution is 2.30. The number of hydrogen-bond donors (Lipinski definition) is 0. The largest absolute Gasteiger partial charge is 0.342 e. The van der Waals surface area contributed by atoms with Gasteiger partial charge in [0, 0.05) is 57.3 Å². The molecule has 0 N–H and O–H groups in total. The average Bonchev–Trinajstić information content (AvgIpc) is 2.55. The number of aromatic nitrogens is 2. The van der Waals surface area contributed by atoms with Gasteiger partial charge in [-0.2, -0.15) is 0 Å². The standard InChI is InChI=1S/C15H19BrF2N4O/c16-12-9-19-14(20-10-12)22-5-1-11(2-6-22)13(23)21-7-3-15(17,18)4-8-21/h9-11H,1-8H2. The van der Waals surface area contributed by atoms with Crippen LogP contribution in [0.25, 0.3) is 0 Å². The van der Waals surface area contributed by atoms with Crippen LogP contribution >= 0.6 is 15.9 Å². The molecule has 0 radical (unpaired) electrons. The van der Waals surface area contributed by atoms with Crippen molar-refractivity contribution in [3.8, 4) is 0 Å².